The topological polar surface area (TPSA) is 74.6 Å². The van der Waals surface area contributed by atoms with E-state index in [1.165, 1.54) is 6.92 Å². The van der Waals surface area contributed by atoms with E-state index in [0.29, 0.717) is 0 Å². The Morgan fingerprint density at radius 1 is 1.40 bits per heavy atom. The van der Waals surface area contributed by atoms with Crippen LogP contribution in [0.1, 0.15) is 13.3 Å². The monoisotopic (exact) mass is 144 g/mol. The maximum atomic E-state index is 10.1. The lowest BCUT2D eigenvalue weighted by Gasteiger charge is -1.89. The van der Waals surface area contributed by atoms with Gasteiger partial charge in [-0.05, 0) is 6.92 Å². The molecular formula is C6H8O4. The number of carboxylic acid groups (broad SMARTS) is 2. The summed E-state index contributed by atoms with van der Waals surface area (Å²) in [4.78, 5) is 19.9. The fourth-order valence-corrected chi connectivity index (χ4v) is 0.328. The van der Waals surface area contributed by atoms with Crippen LogP contribution in [0, 0.1) is 0 Å². The molecule has 0 bridgehead atoms. The molecule has 0 saturated carbocycles. The average Bonchev–Trinajstić information content (AvgIpc) is 1.82. The van der Waals surface area contributed by atoms with Gasteiger partial charge in [-0.1, -0.05) is 6.08 Å². The Kier molecular flexibility index (Phi) is 3.17. The molecule has 0 amide bonds. The fourth-order valence-electron chi connectivity index (χ4n) is 0.328. The number of aliphatic carboxylic acids is 2. The van der Waals surface area contributed by atoms with E-state index in [2.05, 4.69) is 0 Å². The van der Waals surface area contributed by atoms with Crippen LogP contribution in [-0.2, 0) is 9.59 Å². The predicted molar refractivity (Wildman–Crippen MR) is 33.6 cm³/mol. The molecule has 2 N–H and O–H groups in total. The third-order valence-electron chi connectivity index (χ3n) is 0.920. The molecule has 0 radical (unpaired) electrons. The van der Waals surface area contributed by atoms with E-state index in [1.807, 2.05) is 0 Å². The van der Waals surface area contributed by atoms with Crippen molar-refractivity contribution in [1.82, 2.24) is 0 Å². The van der Waals surface area contributed by atoms with Crippen molar-refractivity contribution in [2.75, 3.05) is 0 Å². The lowest BCUT2D eigenvalue weighted by atomic mass is 10.2. The van der Waals surface area contributed by atoms with Crippen molar-refractivity contribution < 1.29 is 19.8 Å². The fraction of sp³-hybridized carbons (Fsp3) is 0.333. The summed E-state index contributed by atoms with van der Waals surface area (Å²) < 4.78 is 0. The lowest BCUT2D eigenvalue weighted by molar-refractivity contribution is -0.136. The van der Waals surface area contributed by atoms with Gasteiger partial charge in [0.15, 0.2) is 0 Å². The summed E-state index contributed by atoms with van der Waals surface area (Å²) in [6, 6.07) is 0. The largest absolute Gasteiger partial charge is 0.481 e. The molecule has 0 fully saturated rings. The molecule has 10 heavy (non-hydrogen) atoms. The first-order valence-corrected chi connectivity index (χ1v) is 2.66. The molecule has 0 aliphatic rings. The van der Waals surface area contributed by atoms with E-state index in [4.69, 9.17) is 10.2 Å². The van der Waals surface area contributed by atoms with Gasteiger partial charge in [0.2, 0.25) is 0 Å². The summed E-state index contributed by atoms with van der Waals surface area (Å²) in [7, 11) is 0. The van der Waals surface area contributed by atoms with Gasteiger partial charge in [0.25, 0.3) is 0 Å². The smallest absolute Gasteiger partial charge is 0.330 e. The van der Waals surface area contributed by atoms with Gasteiger partial charge in [0.1, 0.15) is 0 Å². The van der Waals surface area contributed by atoms with Crippen LogP contribution in [0.3, 0.4) is 0 Å². The number of hydrogen-bond donors (Lipinski definition) is 2. The number of hydrogen-bond acceptors (Lipinski definition) is 2. The summed E-state index contributed by atoms with van der Waals surface area (Å²) in [5, 5.41) is 16.3. The summed E-state index contributed by atoms with van der Waals surface area (Å²) in [6.45, 7) is 1.35. The van der Waals surface area contributed by atoms with Gasteiger partial charge >= 0.3 is 11.9 Å². The highest BCUT2D eigenvalue weighted by atomic mass is 16.4. The first kappa shape index (κ1) is 8.68. The van der Waals surface area contributed by atoms with Gasteiger partial charge in [-0.25, -0.2) is 4.79 Å². The SMILES string of the molecule is CC(=CCC(=O)O)C(=O)O. The third-order valence-corrected chi connectivity index (χ3v) is 0.920. The molecular weight excluding hydrogens is 136 g/mol. The van der Waals surface area contributed by atoms with Crippen LogP contribution in [0.15, 0.2) is 11.6 Å². The van der Waals surface area contributed by atoms with Crippen molar-refractivity contribution in [1.29, 1.82) is 0 Å². The van der Waals surface area contributed by atoms with E-state index < -0.39 is 11.9 Å². The molecule has 0 aliphatic heterocycles. The quantitative estimate of drug-likeness (QED) is 0.565. The molecule has 4 heteroatoms. The Morgan fingerprint density at radius 3 is 2.20 bits per heavy atom. The van der Waals surface area contributed by atoms with Crippen molar-refractivity contribution in [2.24, 2.45) is 0 Å². The average molecular weight is 144 g/mol. The second-order valence-electron chi connectivity index (χ2n) is 1.79. The zero-order valence-corrected chi connectivity index (χ0v) is 5.50. The highest BCUT2D eigenvalue weighted by Crippen LogP contribution is 1.94. The molecule has 0 atom stereocenters. The molecule has 0 spiro atoms. The Bertz CT molecular complexity index is 180. The predicted octanol–water partition coefficient (Wildman–Crippen LogP) is 0.492. The zero-order valence-electron chi connectivity index (χ0n) is 5.50. The van der Waals surface area contributed by atoms with E-state index in [9.17, 15) is 9.59 Å². The molecule has 4 nitrogen and oxygen atoms in total. The lowest BCUT2D eigenvalue weighted by Crippen LogP contribution is -1.98. The van der Waals surface area contributed by atoms with Crippen molar-refractivity contribution in [3.8, 4) is 0 Å². The number of rotatable bonds is 3. The van der Waals surface area contributed by atoms with Crippen molar-refractivity contribution in [3.63, 3.8) is 0 Å². The second kappa shape index (κ2) is 3.66. The Labute approximate surface area is 57.8 Å². The molecule has 0 aliphatic carbocycles. The Hall–Kier alpha value is -1.32. The minimum absolute atomic E-state index is 0.0578. The van der Waals surface area contributed by atoms with Crippen molar-refractivity contribution >= 4 is 11.9 Å². The van der Waals surface area contributed by atoms with Gasteiger partial charge in [-0.15, -0.1) is 0 Å². The highest BCUT2D eigenvalue weighted by Gasteiger charge is 1.99. The third kappa shape index (κ3) is 3.65. The normalized spacial score (nSPS) is 11.1. The van der Waals surface area contributed by atoms with Gasteiger partial charge < -0.3 is 10.2 Å². The second-order valence-corrected chi connectivity index (χ2v) is 1.79. The Balaban J connectivity index is 3.92. The maximum Gasteiger partial charge on any atom is 0.330 e. The van der Waals surface area contributed by atoms with E-state index in [0.717, 1.165) is 6.08 Å². The zero-order chi connectivity index (χ0) is 8.15. The molecule has 0 aromatic carbocycles. The van der Waals surface area contributed by atoms with Gasteiger partial charge in [-0.3, -0.25) is 4.79 Å². The van der Waals surface area contributed by atoms with Crippen LogP contribution >= 0.6 is 0 Å². The summed E-state index contributed by atoms with van der Waals surface area (Å²) in [6.07, 6.45) is 0.919. The van der Waals surface area contributed by atoms with Gasteiger partial charge in [-0.2, -0.15) is 0 Å². The molecule has 0 heterocycles. The molecule has 0 aromatic rings. The first-order valence-electron chi connectivity index (χ1n) is 2.66. The maximum absolute atomic E-state index is 10.1. The molecule has 0 saturated heterocycles. The Morgan fingerprint density at radius 2 is 1.90 bits per heavy atom. The molecule has 0 rings (SSSR count). The van der Waals surface area contributed by atoms with E-state index in [1.54, 1.807) is 0 Å². The van der Waals surface area contributed by atoms with Crippen LogP contribution in [0.4, 0.5) is 0 Å². The van der Waals surface area contributed by atoms with Crippen LogP contribution < -0.4 is 0 Å². The number of carbonyl (C=O) groups is 2. The van der Waals surface area contributed by atoms with E-state index >= 15 is 0 Å². The summed E-state index contributed by atoms with van der Waals surface area (Å²) >= 11 is 0. The van der Waals surface area contributed by atoms with Gasteiger partial charge in [0, 0.05) is 5.57 Å². The van der Waals surface area contributed by atoms with Crippen LogP contribution in [0.5, 0.6) is 0 Å². The van der Waals surface area contributed by atoms with E-state index in [-0.39, 0.29) is 12.0 Å². The summed E-state index contributed by atoms with van der Waals surface area (Å²) in [5.41, 5.74) is 0.0578. The minimum atomic E-state index is -1.08. The molecule has 56 valence electrons. The minimum Gasteiger partial charge on any atom is -0.481 e. The van der Waals surface area contributed by atoms with Crippen LogP contribution in [-0.4, -0.2) is 22.2 Å². The van der Waals surface area contributed by atoms with Crippen LogP contribution in [0.2, 0.25) is 0 Å². The number of carboxylic acids is 2. The molecule has 0 unspecified atom stereocenters. The van der Waals surface area contributed by atoms with Crippen molar-refractivity contribution in [2.45, 2.75) is 13.3 Å². The molecule has 0 aromatic heterocycles. The van der Waals surface area contributed by atoms with Crippen molar-refractivity contribution in [3.05, 3.63) is 11.6 Å². The van der Waals surface area contributed by atoms with Crippen LogP contribution in [0.25, 0.3) is 0 Å². The highest BCUT2D eigenvalue weighted by molar-refractivity contribution is 5.86. The standard InChI is InChI=1S/C6H8O4/c1-4(6(9)10)2-3-5(7)8/h2H,3H2,1H3,(H,7,8)(H,9,10). The summed E-state index contributed by atoms with van der Waals surface area (Å²) in [5.74, 6) is -2.11. The first-order chi connectivity index (χ1) is 4.54. The van der Waals surface area contributed by atoms with Gasteiger partial charge in [0.05, 0.1) is 6.42 Å².